The van der Waals surface area contributed by atoms with E-state index in [1.54, 1.807) is 7.11 Å². The topological polar surface area (TPSA) is 83.6 Å². The summed E-state index contributed by atoms with van der Waals surface area (Å²) in [6.45, 7) is 2.82. The van der Waals surface area contributed by atoms with E-state index in [0.717, 1.165) is 26.5 Å². The summed E-state index contributed by atoms with van der Waals surface area (Å²) in [5.41, 5.74) is 2.88. The van der Waals surface area contributed by atoms with E-state index in [1.165, 1.54) is 0 Å². The number of rotatable bonds is 9. The average Bonchev–Trinajstić information content (AvgIpc) is 3.09. The highest BCUT2D eigenvalue weighted by molar-refractivity contribution is 9.10. The summed E-state index contributed by atoms with van der Waals surface area (Å²) < 4.78 is 11.8. The molecule has 0 saturated heterocycles. The molecule has 3 N–H and O–H groups in total. The van der Waals surface area contributed by atoms with Crippen molar-refractivity contribution in [2.75, 3.05) is 13.7 Å². The second-order valence-corrected chi connectivity index (χ2v) is 7.23. The van der Waals surface area contributed by atoms with Gasteiger partial charge in [-0.3, -0.25) is 4.79 Å². The van der Waals surface area contributed by atoms with Crippen molar-refractivity contribution in [3.8, 4) is 11.5 Å². The van der Waals surface area contributed by atoms with Crippen molar-refractivity contribution < 1.29 is 19.4 Å². The number of aromatic nitrogens is 1. The number of fused-ring (bicyclic) bond motifs is 1. The number of carboxylic acids is 1. The molecule has 0 unspecified atom stereocenters. The summed E-state index contributed by atoms with van der Waals surface area (Å²) in [5, 5.41) is 13.8. The predicted octanol–water partition coefficient (Wildman–Crippen LogP) is 4.12. The number of aliphatic carboxylic acids is 1. The average molecular weight is 447 g/mol. The Morgan fingerprint density at radius 2 is 2.11 bits per heavy atom. The molecule has 0 aliphatic heterocycles. The number of H-pyrrole nitrogens is 1. The molecule has 1 aromatic heterocycles. The standard InChI is InChI=1S/C21H23BrN2O4/c1-3-28-20-16(22)8-13(9-19(20)27-2)11-23-18(21(25)26)10-14-12-24-17-7-5-4-6-15(14)17/h4-9,12,18,23-24H,3,10-11H2,1-2H3,(H,25,26)/t18-/m1/s1. The first-order valence-corrected chi connectivity index (χ1v) is 9.83. The van der Waals surface area contributed by atoms with Crippen molar-refractivity contribution in [2.24, 2.45) is 0 Å². The molecule has 6 nitrogen and oxygen atoms in total. The van der Waals surface area contributed by atoms with Crippen LogP contribution in [0.2, 0.25) is 0 Å². The maximum absolute atomic E-state index is 11.8. The van der Waals surface area contributed by atoms with E-state index in [9.17, 15) is 9.90 Å². The van der Waals surface area contributed by atoms with Crippen molar-refractivity contribution in [1.29, 1.82) is 0 Å². The molecular weight excluding hydrogens is 424 g/mol. The van der Waals surface area contributed by atoms with Gasteiger partial charge in [0.05, 0.1) is 18.2 Å². The van der Waals surface area contributed by atoms with E-state index in [2.05, 4.69) is 26.2 Å². The van der Waals surface area contributed by atoms with Crippen LogP contribution in [0.3, 0.4) is 0 Å². The first kappa shape index (κ1) is 20.2. The van der Waals surface area contributed by atoms with E-state index >= 15 is 0 Å². The molecule has 148 valence electrons. The summed E-state index contributed by atoms with van der Waals surface area (Å²) >= 11 is 3.50. The molecule has 0 bridgehead atoms. The molecule has 1 atom stereocenters. The van der Waals surface area contributed by atoms with Crippen LogP contribution in [0.25, 0.3) is 10.9 Å². The molecule has 0 radical (unpaired) electrons. The maximum atomic E-state index is 11.8. The zero-order valence-electron chi connectivity index (χ0n) is 15.8. The summed E-state index contributed by atoms with van der Waals surface area (Å²) in [5.74, 6) is 0.362. The highest BCUT2D eigenvalue weighted by Crippen LogP contribution is 2.36. The predicted molar refractivity (Wildman–Crippen MR) is 112 cm³/mol. The van der Waals surface area contributed by atoms with Crippen LogP contribution in [0.5, 0.6) is 11.5 Å². The third kappa shape index (κ3) is 4.48. The Morgan fingerprint density at radius 1 is 1.32 bits per heavy atom. The molecule has 0 aliphatic rings. The Labute approximate surface area is 172 Å². The number of methoxy groups -OCH3 is 1. The lowest BCUT2D eigenvalue weighted by Crippen LogP contribution is -2.38. The molecule has 0 spiro atoms. The Bertz CT molecular complexity index is 970. The number of ether oxygens (including phenoxy) is 2. The number of halogens is 1. The lowest BCUT2D eigenvalue weighted by molar-refractivity contribution is -0.139. The molecule has 3 aromatic rings. The van der Waals surface area contributed by atoms with Gasteiger partial charge in [-0.2, -0.15) is 0 Å². The number of aromatic amines is 1. The third-order valence-electron chi connectivity index (χ3n) is 4.53. The summed E-state index contributed by atoms with van der Waals surface area (Å²) in [6, 6.07) is 10.9. The second kappa shape index (κ2) is 9.12. The zero-order valence-corrected chi connectivity index (χ0v) is 17.4. The first-order valence-electron chi connectivity index (χ1n) is 9.03. The highest BCUT2D eigenvalue weighted by atomic mass is 79.9. The number of benzene rings is 2. The lowest BCUT2D eigenvalue weighted by Gasteiger charge is -2.17. The van der Waals surface area contributed by atoms with Crippen molar-refractivity contribution in [2.45, 2.75) is 25.9 Å². The van der Waals surface area contributed by atoms with Crippen molar-refractivity contribution in [3.63, 3.8) is 0 Å². The number of carboxylic acid groups (broad SMARTS) is 1. The Morgan fingerprint density at radius 3 is 2.82 bits per heavy atom. The number of nitrogens with one attached hydrogen (secondary N) is 2. The van der Waals surface area contributed by atoms with Crippen molar-refractivity contribution in [1.82, 2.24) is 10.3 Å². The van der Waals surface area contributed by atoms with Crippen LogP contribution in [0, 0.1) is 0 Å². The van der Waals surface area contributed by atoms with Gasteiger partial charge in [-0.15, -0.1) is 0 Å². The highest BCUT2D eigenvalue weighted by Gasteiger charge is 2.20. The van der Waals surface area contributed by atoms with Gasteiger partial charge in [-0.05, 0) is 52.2 Å². The Balaban J connectivity index is 1.75. The number of hydrogen-bond acceptors (Lipinski definition) is 4. The minimum atomic E-state index is -0.887. The molecule has 3 rings (SSSR count). The van der Waals surface area contributed by atoms with Gasteiger partial charge >= 0.3 is 5.97 Å². The van der Waals surface area contributed by atoms with E-state index in [0.29, 0.717) is 31.1 Å². The van der Waals surface area contributed by atoms with Crippen molar-refractivity contribution >= 4 is 32.8 Å². The van der Waals surface area contributed by atoms with Crippen molar-refractivity contribution in [3.05, 3.63) is 58.2 Å². The first-order chi connectivity index (χ1) is 13.5. The second-order valence-electron chi connectivity index (χ2n) is 6.38. The van der Waals surface area contributed by atoms with Gasteiger partial charge in [0.2, 0.25) is 0 Å². The quantitative estimate of drug-likeness (QED) is 0.460. The third-order valence-corrected chi connectivity index (χ3v) is 5.12. The molecule has 2 aromatic carbocycles. The normalized spacial score (nSPS) is 12.1. The maximum Gasteiger partial charge on any atom is 0.321 e. The zero-order chi connectivity index (χ0) is 20.1. The largest absolute Gasteiger partial charge is 0.493 e. The fraction of sp³-hybridized carbons (Fsp3) is 0.286. The Hall–Kier alpha value is -2.51. The van der Waals surface area contributed by atoms with Gasteiger partial charge in [0, 0.05) is 30.1 Å². The molecule has 1 heterocycles. The van der Waals surface area contributed by atoms with E-state index in [-0.39, 0.29) is 0 Å². The molecule has 0 aliphatic carbocycles. The number of carbonyl (C=O) groups is 1. The van der Waals surface area contributed by atoms with E-state index in [1.807, 2.05) is 49.5 Å². The molecule has 7 heteroatoms. The van der Waals surface area contributed by atoms with Crippen LogP contribution in [0.1, 0.15) is 18.1 Å². The van der Waals surface area contributed by atoms with Crippen LogP contribution in [-0.4, -0.2) is 35.8 Å². The fourth-order valence-electron chi connectivity index (χ4n) is 3.17. The summed E-state index contributed by atoms with van der Waals surface area (Å²) in [4.78, 5) is 15.0. The molecule has 0 fully saturated rings. The minimum absolute atomic E-state index is 0.384. The van der Waals surface area contributed by atoms with Gasteiger partial charge in [-0.25, -0.2) is 0 Å². The summed E-state index contributed by atoms with van der Waals surface area (Å²) in [7, 11) is 1.58. The van der Waals surface area contributed by atoms with Gasteiger partial charge in [0.15, 0.2) is 11.5 Å². The molecular formula is C21H23BrN2O4. The molecule has 28 heavy (non-hydrogen) atoms. The Kier molecular flexibility index (Phi) is 6.59. The summed E-state index contributed by atoms with van der Waals surface area (Å²) in [6.07, 6.45) is 2.26. The molecule has 0 amide bonds. The van der Waals surface area contributed by atoms with Gasteiger partial charge < -0.3 is 24.9 Å². The lowest BCUT2D eigenvalue weighted by atomic mass is 10.0. The van der Waals surface area contributed by atoms with Crippen LogP contribution >= 0.6 is 15.9 Å². The van der Waals surface area contributed by atoms with Crippen LogP contribution in [0.15, 0.2) is 47.1 Å². The minimum Gasteiger partial charge on any atom is -0.493 e. The monoisotopic (exact) mass is 446 g/mol. The SMILES string of the molecule is CCOc1c(Br)cc(CN[C@H](Cc2c[nH]c3ccccc23)C(=O)O)cc1OC. The van der Waals surface area contributed by atoms with Crippen LogP contribution in [-0.2, 0) is 17.8 Å². The number of para-hydroxylation sites is 1. The van der Waals surface area contributed by atoms with E-state index < -0.39 is 12.0 Å². The van der Waals surface area contributed by atoms with Crippen LogP contribution < -0.4 is 14.8 Å². The fourth-order valence-corrected chi connectivity index (χ4v) is 3.77. The smallest absolute Gasteiger partial charge is 0.321 e. The molecule has 0 saturated carbocycles. The van der Waals surface area contributed by atoms with Crippen LogP contribution in [0.4, 0.5) is 0 Å². The van der Waals surface area contributed by atoms with Gasteiger partial charge in [-0.1, -0.05) is 18.2 Å². The number of hydrogen-bond donors (Lipinski definition) is 3. The van der Waals surface area contributed by atoms with Gasteiger partial charge in [0.1, 0.15) is 6.04 Å². The van der Waals surface area contributed by atoms with E-state index in [4.69, 9.17) is 9.47 Å². The van der Waals surface area contributed by atoms with Gasteiger partial charge in [0.25, 0.3) is 0 Å².